The average molecular weight is 328 g/mol. The Morgan fingerprint density at radius 1 is 1.25 bits per heavy atom. The van der Waals surface area contributed by atoms with Crippen molar-refractivity contribution in [1.82, 2.24) is 5.16 Å². The van der Waals surface area contributed by atoms with E-state index >= 15 is 0 Å². The summed E-state index contributed by atoms with van der Waals surface area (Å²) in [7, 11) is 0. The van der Waals surface area contributed by atoms with E-state index in [0.717, 1.165) is 6.07 Å². The first-order valence-electron chi connectivity index (χ1n) is 6.96. The summed E-state index contributed by atoms with van der Waals surface area (Å²) in [6, 6.07) is 9.06. The second-order valence-electron chi connectivity index (χ2n) is 4.92. The molecular weight excluding hydrogens is 316 g/mol. The van der Waals surface area contributed by atoms with Crippen LogP contribution in [-0.4, -0.2) is 23.6 Å². The Morgan fingerprint density at radius 2 is 2.04 bits per heavy atom. The van der Waals surface area contributed by atoms with Gasteiger partial charge in [-0.3, -0.25) is 9.59 Å². The van der Waals surface area contributed by atoms with Crippen molar-refractivity contribution in [2.45, 2.75) is 6.92 Å². The van der Waals surface area contributed by atoms with Gasteiger partial charge in [-0.1, -0.05) is 17.3 Å². The predicted molar refractivity (Wildman–Crippen MR) is 82.6 cm³/mol. The number of anilines is 1. The van der Waals surface area contributed by atoms with Gasteiger partial charge in [0.2, 0.25) is 5.76 Å². The highest BCUT2D eigenvalue weighted by atomic mass is 16.5. The molecule has 8 heteroatoms. The lowest BCUT2D eigenvalue weighted by Gasteiger charge is -2.04. The van der Waals surface area contributed by atoms with Crippen LogP contribution in [0.3, 0.4) is 0 Å². The molecule has 0 atom stereocenters. The van der Waals surface area contributed by atoms with Crippen LogP contribution in [-0.2, 0) is 9.53 Å². The normalized spacial score (nSPS) is 10.5. The number of nitrogens with zero attached hydrogens (tertiary/aromatic N) is 1. The van der Waals surface area contributed by atoms with Gasteiger partial charge < -0.3 is 19.0 Å². The fourth-order valence-electron chi connectivity index (χ4n) is 2.01. The topological polar surface area (TPSA) is 112 Å². The molecule has 24 heavy (non-hydrogen) atoms. The maximum Gasteiger partial charge on any atom is 0.374 e. The number of aryl methyl sites for hydroxylation is 1. The standard InChI is InChI=1S/C16H12N2O6/c1-9-6-14(18-24-9)17-15(20)8-22-16(21)13-7-11(19)10-4-2-3-5-12(10)23-13/h2-7H,8H2,1H3,(H,17,18,20). The number of hydrogen-bond acceptors (Lipinski definition) is 7. The van der Waals surface area contributed by atoms with Gasteiger partial charge in [-0.2, -0.15) is 0 Å². The van der Waals surface area contributed by atoms with Crippen molar-refractivity contribution in [3.63, 3.8) is 0 Å². The SMILES string of the molecule is Cc1cc(NC(=O)COC(=O)c2cc(=O)c3ccccc3o2)no1. The second-order valence-corrected chi connectivity index (χ2v) is 4.92. The second kappa shape index (κ2) is 6.37. The number of ether oxygens (including phenoxy) is 1. The molecule has 0 saturated heterocycles. The number of para-hydroxylation sites is 1. The number of carbonyl (C=O) groups excluding carboxylic acids is 2. The molecule has 1 amide bonds. The molecule has 0 spiro atoms. The van der Waals surface area contributed by atoms with Crippen molar-refractivity contribution in [3.8, 4) is 0 Å². The van der Waals surface area contributed by atoms with Gasteiger partial charge in [0.15, 0.2) is 17.9 Å². The van der Waals surface area contributed by atoms with Crippen LogP contribution in [0.15, 0.2) is 50.1 Å². The van der Waals surface area contributed by atoms with Crippen LogP contribution in [0.5, 0.6) is 0 Å². The third-order valence-corrected chi connectivity index (χ3v) is 3.07. The Bertz CT molecular complexity index is 972. The summed E-state index contributed by atoms with van der Waals surface area (Å²) in [5.41, 5.74) is -0.106. The fourth-order valence-corrected chi connectivity index (χ4v) is 2.01. The Kier molecular flexibility index (Phi) is 4.11. The molecule has 0 fully saturated rings. The van der Waals surface area contributed by atoms with Crippen molar-refractivity contribution < 1.29 is 23.3 Å². The highest BCUT2D eigenvalue weighted by Gasteiger charge is 2.16. The van der Waals surface area contributed by atoms with Crippen LogP contribution >= 0.6 is 0 Å². The first kappa shape index (κ1) is 15.5. The molecule has 1 N–H and O–H groups in total. The van der Waals surface area contributed by atoms with Crippen molar-refractivity contribution in [2.24, 2.45) is 0 Å². The summed E-state index contributed by atoms with van der Waals surface area (Å²) in [6.45, 7) is 1.12. The fraction of sp³-hybridized carbons (Fsp3) is 0.125. The zero-order valence-electron chi connectivity index (χ0n) is 12.6. The first-order valence-corrected chi connectivity index (χ1v) is 6.96. The average Bonchev–Trinajstić information content (AvgIpc) is 2.97. The number of benzene rings is 1. The number of rotatable bonds is 4. The lowest BCUT2D eigenvalue weighted by atomic mass is 10.2. The van der Waals surface area contributed by atoms with Gasteiger partial charge >= 0.3 is 5.97 Å². The highest BCUT2D eigenvalue weighted by molar-refractivity contribution is 5.94. The number of hydrogen-bond donors (Lipinski definition) is 1. The van der Waals surface area contributed by atoms with Crippen molar-refractivity contribution in [3.05, 3.63) is 58.1 Å². The molecule has 2 aromatic heterocycles. The Balaban J connectivity index is 1.66. The molecule has 0 aliphatic carbocycles. The van der Waals surface area contributed by atoms with Crippen molar-refractivity contribution >= 4 is 28.7 Å². The zero-order valence-corrected chi connectivity index (χ0v) is 12.6. The summed E-state index contributed by atoms with van der Waals surface area (Å²) < 4.78 is 14.9. The largest absolute Gasteiger partial charge is 0.450 e. The van der Waals surface area contributed by atoms with Crippen molar-refractivity contribution in [2.75, 3.05) is 11.9 Å². The lowest BCUT2D eigenvalue weighted by Crippen LogP contribution is -2.21. The Labute approximate surface area is 135 Å². The quantitative estimate of drug-likeness (QED) is 0.728. The molecule has 3 rings (SSSR count). The number of carbonyl (C=O) groups is 2. The summed E-state index contributed by atoms with van der Waals surface area (Å²) >= 11 is 0. The van der Waals surface area contributed by atoms with Crippen molar-refractivity contribution in [1.29, 1.82) is 0 Å². The van der Waals surface area contributed by atoms with E-state index in [-0.39, 0.29) is 22.6 Å². The number of nitrogens with one attached hydrogen (secondary N) is 1. The minimum absolute atomic E-state index is 0.214. The minimum Gasteiger partial charge on any atom is -0.450 e. The molecule has 0 radical (unpaired) electrons. The molecule has 0 saturated carbocycles. The Hall–Kier alpha value is -3.42. The van der Waals surface area contributed by atoms with Gasteiger partial charge in [-0.25, -0.2) is 4.79 Å². The van der Waals surface area contributed by atoms with Gasteiger partial charge in [0.05, 0.1) is 5.39 Å². The number of aromatic nitrogens is 1. The van der Waals surface area contributed by atoms with Crippen LogP contribution in [0, 0.1) is 6.92 Å². The molecule has 0 aliphatic heterocycles. The molecule has 1 aromatic carbocycles. The maximum absolute atomic E-state index is 11.9. The number of esters is 1. The molecule has 2 heterocycles. The monoisotopic (exact) mass is 328 g/mol. The third kappa shape index (κ3) is 3.32. The number of fused-ring (bicyclic) bond motifs is 1. The van der Waals surface area contributed by atoms with Crippen LogP contribution in [0.25, 0.3) is 11.0 Å². The third-order valence-electron chi connectivity index (χ3n) is 3.07. The van der Waals surface area contributed by atoms with E-state index in [9.17, 15) is 14.4 Å². The molecule has 0 aliphatic rings. The van der Waals surface area contributed by atoms with Gasteiger partial charge in [0.25, 0.3) is 5.91 Å². The summed E-state index contributed by atoms with van der Waals surface area (Å²) in [5, 5.41) is 6.33. The molecule has 0 bridgehead atoms. The van der Waals surface area contributed by atoms with Crippen LogP contribution in [0.4, 0.5) is 5.82 Å². The minimum atomic E-state index is -0.913. The maximum atomic E-state index is 11.9. The summed E-state index contributed by atoms with van der Waals surface area (Å²) in [4.78, 5) is 35.5. The highest BCUT2D eigenvalue weighted by Crippen LogP contribution is 2.12. The van der Waals surface area contributed by atoms with Crippen LogP contribution < -0.4 is 10.7 Å². The van der Waals surface area contributed by atoms with Crippen LogP contribution in [0.1, 0.15) is 16.3 Å². The lowest BCUT2D eigenvalue weighted by molar-refractivity contribution is -0.119. The van der Waals surface area contributed by atoms with Gasteiger partial charge in [0.1, 0.15) is 11.3 Å². The van der Waals surface area contributed by atoms with Gasteiger partial charge in [-0.05, 0) is 19.1 Å². The molecule has 3 aromatic rings. The molecule has 0 unspecified atom stereocenters. The van der Waals surface area contributed by atoms with E-state index in [0.29, 0.717) is 11.1 Å². The van der Waals surface area contributed by atoms with E-state index < -0.39 is 18.5 Å². The van der Waals surface area contributed by atoms with E-state index in [2.05, 4.69) is 10.5 Å². The predicted octanol–water partition coefficient (Wildman–Crippen LogP) is 1.88. The van der Waals surface area contributed by atoms with Gasteiger partial charge in [-0.15, -0.1) is 0 Å². The van der Waals surface area contributed by atoms with E-state index in [1.807, 2.05) is 0 Å². The smallest absolute Gasteiger partial charge is 0.374 e. The first-order chi connectivity index (χ1) is 11.5. The van der Waals surface area contributed by atoms with E-state index in [4.69, 9.17) is 13.7 Å². The zero-order chi connectivity index (χ0) is 17.1. The van der Waals surface area contributed by atoms with E-state index in [1.54, 1.807) is 31.2 Å². The Morgan fingerprint density at radius 3 is 2.79 bits per heavy atom. The van der Waals surface area contributed by atoms with E-state index in [1.165, 1.54) is 6.07 Å². The summed E-state index contributed by atoms with van der Waals surface area (Å²) in [6.07, 6.45) is 0. The van der Waals surface area contributed by atoms with Gasteiger partial charge in [0, 0.05) is 12.1 Å². The molecular formula is C16H12N2O6. The summed E-state index contributed by atoms with van der Waals surface area (Å²) in [5.74, 6) is -1.04. The molecule has 122 valence electrons. The van der Waals surface area contributed by atoms with Crippen LogP contribution in [0.2, 0.25) is 0 Å². The molecule has 8 nitrogen and oxygen atoms in total. The number of amides is 1.